The number of nitrogens with one attached hydrogen (secondary N) is 1. The van der Waals surface area contributed by atoms with Crippen LogP contribution in [-0.2, 0) is 4.84 Å². The summed E-state index contributed by atoms with van der Waals surface area (Å²) in [5.74, 6) is 4.59. The van der Waals surface area contributed by atoms with Crippen LogP contribution in [0.1, 0.15) is 38.6 Å². The molecule has 208 valence electrons. The monoisotopic (exact) mass is 551 g/mol. The molecule has 1 atom stereocenters. The minimum absolute atomic E-state index is 0.00224. The van der Waals surface area contributed by atoms with E-state index in [-0.39, 0.29) is 17.5 Å². The summed E-state index contributed by atoms with van der Waals surface area (Å²) in [7, 11) is 0. The number of hydrogen-bond acceptors (Lipinski definition) is 7. The van der Waals surface area contributed by atoms with Gasteiger partial charge in [-0.3, -0.25) is 14.8 Å². The van der Waals surface area contributed by atoms with Crippen molar-refractivity contribution in [2.45, 2.75) is 12.3 Å². The van der Waals surface area contributed by atoms with Crippen molar-refractivity contribution in [1.29, 1.82) is 0 Å². The van der Waals surface area contributed by atoms with E-state index in [1.165, 1.54) is 0 Å². The van der Waals surface area contributed by atoms with Gasteiger partial charge in [-0.2, -0.15) is 5.10 Å². The van der Waals surface area contributed by atoms with Gasteiger partial charge in [-0.25, -0.2) is 15.4 Å². The molecule has 0 bridgehead atoms. The Morgan fingerprint density at radius 2 is 1.61 bits per heavy atom. The van der Waals surface area contributed by atoms with Gasteiger partial charge >= 0.3 is 17.9 Å². The largest absolute Gasteiger partial charge is 0.365 e. The summed E-state index contributed by atoms with van der Waals surface area (Å²) in [6.45, 7) is 2.45. The lowest BCUT2D eigenvalue weighted by molar-refractivity contribution is -0.0828. The number of amides is 3. The van der Waals surface area contributed by atoms with Gasteiger partial charge in [-0.15, -0.1) is 0 Å². The first kappa shape index (κ1) is 26.1. The fourth-order valence-electron chi connectivity index (χ4n) is 5.36. The standard InChI is InChI=1S/C30H29N7O4/c31-37(28(38)21-6-2-1-3-7-21)41-29(39)22-10-12-25(13-11-22)35-16-17-36(27-9-5-4-8-26(27)35)30(40)34-15-14-23(20-34)24-18-32-33-19-24/h1-13,18-19,23H,14-17,20,31H2,(H,32,33). The molecule has 1 fully saturated rings. The molecule has 2 aliphatic rings. The molecule has 3 aromatic carbocycles. The van der Waals surface area contributed by atoms with Crippen molar-refractivity contribution in [2.75, 3.05) is 36.0 Å². The van der Waals surface area contributed by atoms with Gasteiger partial charge in [-0.05, 0) is 60.5 Å². The highest BCUT2D eigenvalue weighted by Gasteiger charge is 2.34. The maximum Gasteiger partial charge on any atom is 0.365 e. The number of rotatable bonds is 4. The van der Waals surface area contributed by atoms with E-state index in [9.17, 15) is 14.4 Å². The molecule has 41 heavy (non-hydrogen) atoms. The van der Waals surface area contributed by atoms with E-state index in [0.717, 1.165) is 29.0 Å². The number of aromatic amines is 1. The molecule has 0 aliphatic carbocycles. The Hall–Kier alpha value is -5.16. The van der Waals surface area contributed by atoms with Crippen LogP contribution < -0.4 is 15.6 Å². The number of hydrogen-bond donors (Lipinski definition) is 2. The molecule has 3 N–H and O–H groups in total. The molecule has 2 aliphatic heterocycles. The molecular formula is C30H29N7O4. The number of hydroxylamine groups is 1. The van der Waals surface area contributed by atoms with E-state index in [0.29, 0.717) is 36.9 Å². The molecule has 11 nitrogen and oxygen atoms in total. The molecule has 1 aromatic heterocycles. The van der Waals surface area contributed by atoms with E-state index in [2.05, 4.69) is 15.1 Å². The van der Waals surface area contributed by atoms with Crippen molar-refractivity contribution in [3.05, 3.63) is 108 Å². The first-order valence-corrected chi connectivity index (χ1v) is 13.4. The smallest absolute Gasteiger partial charge is 0.338 e. The van der Waals surface area contributed by atoms with Crippen LogP contribution in [0.3, 0.4) is 0 Å². The third kappa shape index (κ3) is 5.22. The number of hydrazine groups is 1. The van der Waals surface area contributed by atoms with Crippen molar-refractivity contribution < 1.29 is 19.2 Å². The zero-order chi connectivity index (χ0) is 28.3. The van der Waals surface area contributed by atoms with E-state index in [1.807, 2.05) is 46.5 Å². The fourth-order valence-corrected chi connectivity index (χ4v) is 5.36. The Kier molecular flexibility index (Phi) is 7.09. The Morgan fingerprint density at radius 1 is 0.878 bits per heavy atom. The molecule has 6 rings (SSSR count). The predicted molar refractivity (Wildman–Crippen MR) is 152 cm³/mol. The number of carbonyl (C=O) groups is 3. The van der Waals surface area contributed by atoms with Gasteiger partial charge in [0.1, 0.15) is 0 Å². The van der Waals surface area contributed by atoms with Crippen LogP contribution in [0.4, 0.5) is 21.9 Å². The highest BCUT2D eigenvalue weighted by molar-refractivity contribution is 5.98. The van der Waals surface area contributed by atoms with Crippen LogP contribution in [-0.4, -0.2) is 64.4 Å². The number of nitrogens with zero attached hydrogens (tertiary/aromatic N) is 5. The first-order chi connectivity index (χ1) is 20.0. The highest BCUT2D eigenvalue weighted by Crippen LogP contribution is 2.39. The zero-order valence-electron chi connectivity index (χ0n) is 22.2. The normalized spacial score (nSPS) is 16.3. The second-order valence-corrected chi connectivity index (χ2v) is 9.96. The Labute approximate surface area is 236 Å². The molecule has 3 heterocycles. The molecule has 3 amide bonds. The summed E-state index contributed by atoms with van der Waals surface area (Å²) in [5, 5.41) is 7.35. The summed E-state index contributed by atoms with van der Waals surface area (Å²) in [6.07, 6.45) is 4.63. The third-order valence-electron chi connectivity index (χ3n) is 7.51. The fraction of sp³-hybridized carbons (Fsp3) is 0.200. The minimum atomic E-state index is -0.751. The van der Waals surface area contributed by atoms with Crippen molar-refractivity contribution in [3.63, 3.8) is 0 Å². The second-order valence-electron chi connectivity index (χ2n) is 9.96. The van der Waals surface area contributed by atoms with Crippen molar-refractivity contribution in [3.8, 4) is 0 Å². The molecule has 1 saturated heterocycles. The lowest BCUT2D eigenvalue weighted by Gasteiger charge is -2.39. The quantitative estimate of drug-likeness (QED) is 0.222. The van der Waals surface area contributed by atoms with Crippen LogP contribution in [0, 0.1) is 0 Å². The number of fused-ring (bicyclic) bond motifs is 1. The van der Waals surface area contributed by atoms with Crippen molar-refractivity contribution in [1.82, 2.24) is 20.3 Å². The van der Waals surface area contributed by atoms with E-state index >= 15 is 0 Å². The van der Waals surface area contributed by atoms with Crippen LogP contribution in [0.15, 0.2) is 91.3 Å². The van der Waals surface area contributed by atoms with Crippen LogP contribution in [0.5, 0.6) is 0 Å². The molecule has 1 unspecified atom stereocenters. The number of urea groups is 1. The molecule has 11 heteroatoms. The number of H-pyrrole nitrogens is 1. The molecule has 4 aromatic rings. The van der Waals surface area contributed by atoms with Gasteiger partial charge in [0.2, 0.25) is 0 Å². The van der Waals surface area contributed by atoms with Gasteiger partial charge in [0.15, 0.2) is 0 Å². The van der Waals surface area contributed by atoms with Crippen LogP contribution in [0.2, 0.25) is 0 Å². The lowest BCUT2D eigenvalue weighted by Crippen LogP contribution is -2.48. The Balaban J connectivity index is 1.14. The van der Waals surface area contributed by atoms with Crippen molar-refractivity contribution >= 4 is 35.0 Å². The lowest BCUT2D eigenvalue weighted by atomic mass is 10.0. The first-order valence-electron chi connectivity index (χ1n) is 13.4. The summed E-state index contributed by atoms with van der Waals surface area (Å²) < 4.78 is 0. The summed E-state index contributed by atoms with van der Waals surface area (Å²) >= 11 is 0. The van der Waals surface area contributed by atoms with Crippen molar-refractivity contribution in [2.24, 2.45) is 5.84 Å². The third-order valence-corrected chi connectivity index (χ3v) is 7.51. The maximum absolute atomic E-state index is 13.6. The number of carbonyl (C=O) groups excluding carboxylic acids is 3. The second kappa shape index (κ2) is 11.1. The Morgan fingerprint density at radius 3 is 2.34 bits per heavy atom. The SMILES string of the molecule is NN(OC(=O)c1ccc(N2CCN(C(=O)N3CCC(c4cn[nH]c4)C3)c3ccccc32)cc1)C(=O)c1ccccc1. The zero-order valence-corrected chi connectivity index (χ0v) is 22.2. The highest BCUT2D eigenvalue weighted by atomic mass is 16.7. The van der Waals surface area contributed by atoms with Gasteiger partial charge in [0.05, 0.1) is 23.1 Å². The van der Waals surface area contributed by atoms with E-state index in [4.69, 9.17) is 10.7 Å². The van der Waals surface area contributed by atoms with Crippen LogP contribution in [0.25, 0.3) is 0 Å². The molecular weight excluding hydrogens is 522 g/mol. The number of likely N-dealkylation sites (tertiary alicyclic amines) is 1. The van der Waals surface area contributed by atoms with E-state index < -0.39 is 11.9 Å². The summed E-state index contributed by atoms with van der Waals surface area (Å²) in [6, 6.07) is 23.0. The summed E-state index contributed by atoms with van der Waals surface area (Å²) in [4.78, 5) is 49.6. The number of anilines is 3. The van der Waals surface area contributed by atoms with E-state index in [1.54, 1.807) is 54.6 Å². The number of nitrogens with two attached hydrogens (primary N) is 1. The average Bonchev–Trinajstić information content (AvgIpc) is 3.73. The molecule has 0 saturated carbocycles. The molecule has 0 radical (unpaired) electrons. The topological polar surface area (TPSA) is 128 Å². The Bertz CT molecular complexity index is 1540. The average molecular weight is 552 g/mol. The van der Waals surface area contributed by atoms with Gasteiger partial charge in [-0.1, -0.05) is 35.5 Å². The van der Waals surface area contributed by atoms with Gasteiger partial charge < -0.3 is 14.6 Å². The van der Waals surface area contributed by atoms with Gasteiger partial charge in [0, 0.05) is 49.5 Å². The minimum Gasteiger partial charge on any atom is -0.338 e. The molecule has 0 spiro atoms. The van der Waals surface area contributed by atoms with Crippen LogP contribution >= 0.6 is 0 Å². The summed E-state index contributed by atoms with van der Waals surface area (Å²) in [5.41, 5.74) is 4.25. The number of benzene rings is 3. The predicted octanol–water partition coefficient (Wildman–Crippen LogP) is 4.07. The number of para-hydroxylation sites is 2. The number of aromatic nitrogens is 2. The maximum atomic E-state index is 13.6. The van der Waals surface area contributed by atoms with Gasteiger partial charge in [0.25, 0.3) is 0 Å².